The maximum absolute atomic E-state index is 12.8. The molecule has 16 heteroatoms. The molecule has 0 fully saturated rings. The van der Waals surface area contributed by atoms with Crippen LogP contribution < -0.4 is 49.9 Å². The number of H-pyrrole nitrogens is 1. The van der Waals surface area contributed by atoms with E-state index in [1.54, 1.807) is 6.20 Å². The molecule has 15 N–H and O–H groups in total. The van der Waals surface area contributed by atoms with Crippen molar-refractivity contribution in [1.29, 1.82) is 0 Å². The third-order valence-corrected chi connectivity index (χ3v) is 7.17. The smallest absolute Gasteiger partial charge is 0.243 e. The Bertz CT molecular complexity index is 1330. The van der Waals surface area contributed by atoms with Crippen LogP contribution in [0.5, 0.6) is 0 Å². The van der Waals surface area contributed by atoms with Crippen molar-refractivity contribution >= 4 is 46.4 Å². The van der Waals surface area contributed by atoms with E-state index in [0.717, 1.165) is 16.5 Å². The van der Waals surface area contributed by atoms with Crippen LogP contribution in [0.1, 0.15) is 56.9 Å². The number of aromatic nitrogens is 1. The molecule has 5 amide bonds. The molecule has 16 nitrogen and oxygen atoms in total. The molecule has 1 heterocycles. The van der Waals surface area contributed by atoms with E-state index >= 15 is 0 Å². The number of aliphatic imine (C=N–C) groups is 1. The maximum atomic E-state index is 12.8. The van der Waals surface area contributed by atoms with E-state index in [9.17, 15) is 24.0 Å². The van der Waals surface area contributed by atoms with E-state index in [1.807, 2.05) is 24.3 Å². The zero-order chi connectivity index (χ0) is 33.9. The van der Waals surface area contributed by atoms with Crippen molar-refractivity contribution in [3.05, 3.63) is 36.0 Å². The van der Waals surface area contributed by atoms with Gasteiger partial charge >= 0.3 is 0 Å². The lowest BCUT2D eigenvalue weighted by atomic mass is 10.1. The summed E-state index contributed by atoms with van der Waals surface area (Å²) in [6.45, 7) is 1.38. The third kappa shape index (κ3) is 13.9. The average molecular weight is 644 g/mol. The Balaban J connectivity index is 1.72. The van der Waals surface area contributed by atoms with Crippen LogP contribution in [0.4, 0.5) is 0 Å². The minimum Gasteiger partial charge on any atom is -0.370 e. The standard InChI is InChI=1S/C30H49N11O5/c31-12-6-11-23(41-27(44)21(32)9-7-15-38-30(34)35)28(45)36-13-4-1-5-14-37-29(46)24(17-25(33)42)40-26(43)16-19-18-39-22-10-3-2-8-20(19)22/h2-3,8,10,18,21,23-24,39H,1,4-7,9,11-17,31-32H2,(H2,33,42)(H,36,45)(H,37,46)(H,40,43)(H,41,44)(H4,34,35,38)/t21-,23+,24+/m1/s1. The van der Waals surface area contributed by atoms with Crippen LogP contribution in [0.15, 0.2) is 35.5 Å². The van der Waals surface area contributed by atoms with Gasteiger partial charge in [0.2, 0.25) is 29.5 Å². The molecule has 0 unspecified atom stereocenters. The van der Waals surface area contributed by atoms with Gasteiger partial charge < -0.3 is 54.9 Å². The van der Waals surface area contributed by atoms with Crippen molar-refractivity contribution in [3.8, 4) is 0 Å². The maximum Gasteiger partial charge on any atom is 0.243 e. The number of amides is 5. The summed E-state index contributed by atoms with van der Waals surface area (Å²) in [7, 11) is 0. The van der Waals surface area contributed by atoms with Gasteiger partial charge in [-0.25, -0.2) is 0 Å². The molecular formula is C30H49N11O5. The molecule has 254 valence electrons. The highest BCUT2D eigenvalue weighted by Gasteiger charge is 2.24. The van der Waals surface area contributed by atoms with Gasteiger partial charge in [0.1, 0.15) is 12.1 Å². The van der Waals surface area contributed by atoms with E-state index in [0.29, 0.717) is 71.1 Å². The molecule has 0 aliphatic heterocycles. The van der Waals surface area contributed by atoms with Crippen molar-refractivity contribution in [3.63, 3.8) is 0 Å². The molecule has 2 rings (SSSR count). The number of benzene rings is 1. The second-order valence-electron chi connectivity index (χ2n) is 11.0. The second kappa shape index (κ2) is 20.4. The molecule has 0 aliphatic rings. The number of aromatic amines is 1. The van der Waals surface area contributed by atoms with Crippen LogP contribution in [0, 0.1) is 0 Å². The second-order valence-corrected chi connectivity index (χ2v) is 11.0. The summed E-state index contributed by atoms with van der Waals surface area (Å²) in [5.74, 6) is -2.44. The van der Waals surface area contributed by atoms with E-state index in [2.05, 4.69) is 31.2 Å². The fourth-order valence-electron chi connectivity index (χ4n) is 4.72. The number of fused-ring (bicyclic) bond motifs is 1. The van der Waals surface area contributed by atoms with Crippen LogP contribution in [0.3, 0.4) is 0 Å². The van der Waals surface area contributed by atoms with Crippen LogP contribution in [-0.4, -0.2) is 84.8 Å². The lowest BCUT2D eigenvalue weighted by molar-refractivity contribution is -0.131. The SMILES string of the molecule is NCCC[C@H](NC(=O)[C@H](N)CCCN=C(N)N)C(=O)NCCCCCNC(=O)[C@H](CC(N)=O)NC(=O)Cc1c[nH]c2ccccc12. The Morgan fingerprint density at radius 1 is 0.804 bits per heavy atom. The van der Waals surface area contributed by atoms with Crippen LogP contribution in [-0.2, 0) is 30.4 Å². The number of nitrogens with one attached hydrogen (secondary N) is 5. The van der Waals surface area contributed by atoms with Gasteiger partial charge in [-0.1, -0.05) is 18.2 Å². The normalized spacial score (nSPS) is 12.8. The van der Waals surface area contributed by atoms with Gasteiger partial charge in [-0.15, -0.1) is 0 Å². The molecule has 0 bridgehead atoms. The topological polar surface area (TPSA) is 292 Å². The monoisotopic (exact) mass is 643 g/mol. The zero-order valence-electron chi connectivity index (χ0n) is 26.2. The first-order chi connectivity index (χ1) is 22.0. The number of rotatable bonds is 22. The summed E-state index contributed by atoms with van der Waals surface area (Å²) < 4.78 is 0. The van der Waals surface area contributed by atoms with Gasteiger partial charge in [0.25, 0.3) is 0 Å². The molecule has 3 atom stereocenters. The summed E-state index contributed by atoms with van der Waals surface area (Å²) in [6.07, 6.45) is 5.10. The number of hydrogen-bond acceptors (Lipinski definition) is 8. The molecule has 1 aromatic heterocycles. The minimum atomic E-state index is -1.10. The summed E-state index contributed by atoms with van der Waals surface area (Å²) in [4.78, 5) is 69.2. The van der Waals surface area contributed by atoms with Gasteiger partial charge in [-0.05, 0) is 63.1 Å². The van der Waals surface area contributed by atoms with Gasteiger partial charge in [0.15, 0.2) is 5.96 Å². The highest BCUT2D eigenvalue weighted by Crippen LogP contribution is 2.18. The third-order valence-electron chi connectivity index (χ3n) is 7.17. The van der Waals surface area contributed by atoms with Crippen molar-refractivity contribution in [1.82, 2.24) is 26.3 Å². The van der Waals surface area contributed by atoms with Crippen LogP contribution in [0.2, 0.25) is 0 Å². The highest BCUT2D eigenvalue weighted by molar-refractivity contribution is 5.94. The first-order valence-corrected chi connectivity index (χ1v) is 15.5. The Labute approximate surface area is 268 Å². The Hall–Kier alpha value is -4.70. The largest absolute Gasteiger partial charge is 0.370 e. The predicted molar refractivity (Wildman–Crippen MR) is 176 cm³/mol. The molecule has 0 radical (unpaired) electrons. The number of para-hydroxylation sites is 1. The number of carbonyl (C=O) groups is 5. The van der Waals surface area contributed by atoms with Crippen LogP contribution >= 0.6 is 0 Å². The number of primary amides is 1. The number of unbranched alkanes of at least 4 members (excludes halogenated alkanes) is 2. The summed E-state index contributed by atoms with van der Waals surface area (Å²) in [5, 5.41) is 11.8. The van der Waals surface area contributed by atoms with Gasteiger partial charge in [0.05, 0.1) is 18.9 Å². The predicted octanol–water partition coefficient (Wildman–Crippen LogP) is -1.92. The highest BCUT2D eigenvalue weighted by atomic mass is 16.2. The first kappa shape index (κ1) is 37.5. The minimum absolute atomic E-state index is 0.0303. The lowest BCUT2D eigenvalue weighted by Crippen LogP contribution is -2.51. The fourth-order valence-corrected chi connectivity index (χ4v) is 4.72. The molecular weight excluding hydrogens is 594 g/mol. The van der Waals surface area contributed by atoms with E-state index in [1.165, 1.54) is 0 Å². The summed E-state index contributed by atoms with van der Waals surface area (Å²) in [5.41, 5.74) is 29.1. The lowest BCUT2D eigenvalue weighted by Gasteiger charge is -2.20. The number of hydrogen-bond donors (Lipinski definition) is 10. The molecule has 0 aliphatic carbocycles. The van der Waals surface area contributed by atoms with Gasteiger partial charge in [0, 0.05) is 36.7 Å². The first-order valence-electron chi connectivity index (χ1n) is 15.5. The fraction of sp³-hybridized carbons (Fsp3) is 0.533. The van der Waals surface area contributed by atoms with Gasteiger partial charge in [-0.3, -0.25) is 29.0 Å². The summed E-state index contributed by atoms with van der Waals surface area (Å²) >= 11 is 0. The van der Waals surface area contributed by atoms with E-state index < -0.39 is 41.8 Å². The molecule has 0 saturated carbocycles. The van der Waals surface area contributed by atoms with E-state index in [4.69, 9.17) is 28.7 Å². The Morgan fingerprint density at radius 3 is 2.13 bits per heavy atom. The van der Waals surface area contributed by atoms with Crippen molar-refractivity contribution in [2.75, 3.05) is 26.2 Å². The molecule has 0 spiro atoms. The quantitative estimate of drug-likeness (QED) is 0.0388. The number of nitrogens with two attached hydrogens (primary N) is 5. The zero-order valence-corrected chi connectivity index (χ0v) is 26.2. The number of nitrogens with zero attached hydrogens (tertiary/aromatic N) is 1. The Morgan fingerprint density at radius 2 is 1.48 bits per heavy atom. The van der Waals surface area contributed by atoms with Crippen molar-refractivity contribution in [2.24, 2.45) is 33.7 Å². The Kier molecular flexibility index (Phi) is 16.6. The molecule has 0 saturated heterocycles. The van der Waals surface area contributed by atoms with Crippen molar-refractivity contribution in [2.45, 2.75) is 75.9 Å². The summed E-state index contributed by atoms with van der Waals surface area (Å²) in [6, 6.07) is 4.86. The molecule has 1 aromatic carbocycles. The molecule has 2 aromatic rings. The van der Waals surface area contributed by atoms with Crippen molar-refractivity contribution < 1.29 is 24.0 Å². The number of carbonyl (C=O) groups excluding carboxylic acids is 5. The van der Waals surface area contributed by atoms with E-state index in [-0.39, 0.29) is 24.7 Å². The van der Waals surface area contributed by atoms with Crippen LogP contribution in [0.25, 0.3) is 10.9 Å². The average Bonchev–Trinajstić information content (AvgIpc) is 3.42. The molecule has 46 heavy (non-hydrogen) atoms. The number of guanidine groups is 1. The van der Waals surface area contributed by atoms with Gasteiger partial charge in [-0.2, -0.15) is 0 Å².